The van der Waals surface area contributed by atoms with Crippen molar-refractivity contribution in [2.24, 2.45) is 5.10 Å². The Morgan fingerprint density at radius 2 is 1.19 bits per heavy atom. The van der Waals surface area contributed by atoms with Crippen molar-refractivity contribution in [3.8, 4) is 0 Å². The molecular formula is C19H14N4O4. The molecule has 3 aromatic carbocycles. The molecule has 3 aromatic rings. The van der Waals surface area contributed by atoms with Gasteiger partial charge < -0.3 is 0 Å². The van der Waals surface area contributed by atoms with Crippen molar-refractivity contribution < 1.29 is 9.85 Å². The zero-order valence-corrected chi connectivity index (χ0v) is 14.0. The summed E-state index contributed by atoms with van der Waals surface area (Å²) in [6.07, 6.45) is 0. The van der Waals surface area contributed by atoms with Crippen LogP contribution in [0.25, 0.3) is 0 Å². The molecule has 0 aliphatic carbocycles. The second kappa shape index (κ2) is 7.87. The van der Waals surface area contributed by atoms with Crippen molar-refractivity contribution in [1.82, 2.24) is 0 Å². The molecule has 0 radical (unpaired) electrons. The van der Waals surface area contributed by atoms with Gasteiger partial charge in [-0.1, -0.05) is 30.3 Å². The Labute approximate surface area is 154 Å². The molecule has 0 saturated heterocycles. The van der Waals surface area contributed by atoms with E-state index in [1.807, 2.05) is 30.3 Å². The molecule has 27 heavy (non-hydrogen) atoms. The average molecular weight is 362 g/mol. The van der Waals surface area contributed by atoms with E-state index in [4.69, 9.17) is 0 Å². The van der Waals surface area contributed by atoms with Crippen LogP contribution in [0, 0.1) is 20.2 Å². The zero-order valence-electron chi connectivity index (χ0n) is 14.0. The molecule has 0 spiro atoms. The minimum absolute atomic E-state index is 0.00510. The number of anilines is 1. The number of nitrogens with one attached hydrogen (secondary N) is 1. The van der Waals surface area contributed by atoms with E-state index in [9.17, 15) is 20.2 Å². The monoisotopic (exact) mass is 362 g/mol. The van der Waals surface area contributed by atoms with Crippen LogP contribution >= 0.6 is 0 Å². The van der Waals surface area contributed by atoms with Gasteiger partial charge in [-0.05, 0) is 24.3 Å². The predicted octanol–water partition coefficient (Wildman–Crippen LogP) is 4.37. The van der Waals surface area contributed by atoms with Crippen molar-refractivity contribution in [1.29, 1.82) is 0 Å². The third-order valence-corrected chi connectivity index (χ3v) is 3.77. The van der Waals surface area contributed by atoms with Crippen LogP contribution in [0.5, 0.6) is 0 Å². The number of nitro groups is 2. The van der Waals surface area contributed by atoms with Gasteiger partial charge in [-0.3, -0.25) is 25.7 Å². The van der Waals surface area contributed by atoms with Gasteiger partial charge in [0.2, 0.25) is 0 Å². The molecule has 134 valence electrons. The van der Waals surface area contributed by atoms with E-state index in [1.165, 1.54) is 24.3 Å². The third-order valence-electron chi connectivity index (χ3n) is 3.77. The lowest BCUT2D eigenvalue weighted by molar-refractivity contribution is -0.385. The van der Waals surface area contributed by atoms with Crippen LogP contribution in [-0.4, -0.2) is 15.6 Å². The molecule has 0 fully saturated rings. The van der Waals surface area contributed by atoms with Crippen molar-refractivity contribution in [3.05, 3.63) is 110 Å². The van der Waals surface area contributed by atoms with Crippen LogP contribution in [0.4, 0.5) is 17.1 Å². The summed E-state index contributed by atoms with van der Waals surface area (Å²) in [5.74, 6) is 0. The van der Waals surface area contributed by atoms with Gasteiger partial charge in [-0.25, -0.2) is 0 Å². The van der Waals surface area contributed by atoms with E-state index >= 15 is 0 Å². The molecule has 0 atom stereocenters. The van der Waals surface area contributed by atoms with Crippen LogP contribution in [0.3, 0.4) is 0 Å². The topological polar surface area (TPSA) is 111 Å². The Hall–Kier alpha value is -4.07. The third kappa shape index (κ3) is 4.31. The molecule has 0 aromatic heterocycles. The summed E-state index contributed by atoms with van der Waals surface area (Å²) in [4.78, 5) is 20.7. The SMILES string of the molecule is O=[N+]([O-])c1ccc(N/N=C(\c2ccccc2)c2ccc([N+](=O)[O-])cc2)cc1. The van der Waals surface area contributed by atoms with Gasteiger partial charge in [-0.15, -0.1) is 0 Å². The fourth-order valence-electron chi connectivity index (χ4n) is 2.41. The highest BCUT2D eigenvalue weighted by Gasteiger charge is 2.11. The van der Waals surface area contributed by atoms with E-state index in [2.05, 4.69) is 10.5 Å². The van der Waals surface area contributed by atoms with Crippen molar-refractivity contribution in [2.75, 3.05) is 5.43 Å². The fraction of sp³-hybridized carbons (Fsp3) is 0. The highest BCUT2D eigenvalue weighted by molar-refractivity contribution is 6.13. The van der Waals surface area contributed by atoms with Gasteiger partial charge in [-0.2, -0.15) is 5.10 Å². The quantitative estimate of drug-likeness (QED) is 0.398. The zero-order chi connectivity index (χ0) is 19.2. The van der Waals surface area contributed by atoms with Crippen molar-refractivity contribution in [2.45, 2.75) is 0 Å². The number of hydrazone groups is 1. The first kappa shape index (κ1) is 17.7. The standard InChI is InChI=1S/C19H14N4O4/c24-22(25)17-10-6-15(7-11-17)19(14-4-2-1-3-5-14)21-20-16-8-12-18(13-9-16)23(26)27/h1-13,20H/b21-19+. The van der Waals surface area contributed by atoms with Crippen LogP contribution in [0.1, 0.15) is 11.1 Å². The maximum atomic E-state index is 10.9. The molecule has 0 unspecified atom stereocenters. The van der Waals surface area contributed by atoms with E-state index in [0.717, 1.165) is 5.56 Å². The molecule has 0 bridgehead atoms. The fourth-order valence-corrected chi connectivity index (χ4v) is 2.41. The number of rotatable bonds is 6. The highest BCUT2D eigenvalue weighted by Crippen LogP contribution is 2.18. The highest BCUT2D eigenvalue weighted by atomic mass is 16.6. The van der Waals surface area contributed by atoms with Crippen LogP contribution < -0.4 is 5.43 Å². The summed E-state index contributed by atoms with van der Waals surface area (Å²) in [6, 6.07) is 21.3. The normalized spacial score (nSPS) is 11.0. The van der Waals surface area contributed by atoms with Gasteiger partial charge in [0.1, 0.15) is 0 Å². The first-order chi connectivity index (χ1) is 13.0. The molecule has 8 nitrogen and oxygen atoms in total. The Morgan fingerprint density at radius 1 is 0.704 bits per heavy atom. The largest absolute Gasteiger partial charge is 0.278 e. The maximum absolute atomic E-state index is 10.9. The van der Waals surface area contributed by atoms with E-state index in [1.54, 1.807) is 24.3 Å². The molecule has 3 rings (SSSR count). The van der Waals surface area contributed by atoms with Gasteiger partial charge in [0.05, 0.1) is 21.2 Å². The van der Waals surface area contributed by atoms with Gasteiger partial charge in [0.25, 0.3) is 11.4 Å². The number of hydrogen-bond donors (Lipinski definition) is 1. The number of non-ortho nitro benzene ring substituents is 2. The summed E-state index contributed by atoms with van der Waals surface area (Å²) in [6.45, 7) is 0. The second-order valence-corrected chi connectivity index (χ2v) is 5.55. The molecule has 0 amide bonds. The molecule has 0 heterocycles. The Balaban J connectivity index is 1.93. The lowest BCUT2D eigenvalue weighted by Gasteiger charge is -2.08. The molecule has 8 heteroatoms. The average Bonchev–Trinajstić information content (AvgIpc) is 2.69. The summed E-state index contributed by atoms with van der Waals surface area (Å²) < 4.78 is 0. The van der Waals surface area contributed by atoms with Gasteiger partial charge >= 0.3 is 0 Å². The van der Waals surface area contributed by atoms with E-state index in [0.29, 0.717) is 17.0 Å². The summed E-state index contributed by atoms with van der Waals surface area (Å²) in [5, 5.41) is 26.0. The van der Waals surface area contributed by atoms with Crippen LogP contribution in [-0.2, 0) is 0 Å². The first-order valence-electron chi connectivity index (χ1n) is 7.93. The summed E-state index contributed by atoms with van der Waals surface area (Å²) in [7, 11) is 0. The Kier molecular flexibility index (Phi) is 5.17. The summed E-state index contributed by atoms with van der Waals surface area (Å²) in [5.41, 5.74) is 5.54. The smallest absolute Gasteiger partial charge is 0.269 e. The summed E-state index contributed by atoms with van der Waals surface area (Å²) >= 11 is 0. The number of nitrogens with zero attached hydrogens (tertiary/aromatic N) is 3. The Bertz CT molecular complexity index is 984. The van der Waals surface area contributed by atoms with Gasteiger partial charge in [0, 0.05) is 35.4 Å². The minimum Gasteiger partial charge on any atom is -0.278 e. The number of hydrogen-bond acceptors (Lipinski definition) is 6. The first-order valence-corrected chi connectivity index (χ1v) is 7.93. The number of benzene rings is 3. The molecule has 0 saturated carbocycles. The van der Waals surface area contributed by atoms with Crippen LogP contribution in [0.2, 0.25) is 0 Å². The number of nitro benzene ring substituents is 2. The predicted molar refractivity (Wildman–Crippen MR) is 102 cm³/mol. The van der Waals surface area contributed by atoms with E-state index < -0.39 is 9.85 Å². The molecular weight excluding hydrogens is 348 g/mol. The molecule has 0 aliphatic rings. The second-order valence-electron chi connectivity index (χ2n) is 5.55. The maximum Gasteiger partial charge on any atom is 0.269 e. The lowest BCUT2D eigenvalue weighted by Crippen LogP contribution is -2.06. The van der Waals surface area contributed by atoms with Gasteiger partial charge in [0.15, 0.2) is 0 Å². The molecule has 1 N–H and O–H groups in total. The van der Waals surface area contributed by atoms with Crippen molar-refractivity contribution in [3.63, 3.8) is 0 Å². The lowest BCUT2D eigenvalue weighted by atomic mass is 10.0. The van der Waals surface area contributed by atoms with Crippen LogP contribution in [0.15, 0.2) is 84.0 Å². The van der Waals surface area contributed by atoms with E-state index in [-0.39, 0.29) is 11.4 Å². The minimum atomic E-state index is -0.473. The van der Waals surface area contributed by atoms with Crippen molar-refractivity contribution >= 4 is 22.8 Å². The Morgan fingerprint density at radius 3 is 1.70 bits per heavy atom. The molecule has 0 aliphatic heterocycles.